The Bertz CT molecular complexity index is 698. The van der Waals surface area contributed by atoms with E-state index in [1.165, 1.54) is 6.20 Å². The van der Waals surface area contributed by atoms with E-state index in [1.54, 1.807) is 43.5 Å². The monoisotopic (exact) mass is 321 g/mol. The molecule has 2 N–H and O–H groups in total. The number of aryl methyl sites for hydroxylation is 1. The van der Waals surface area contributed by atoms with Crippen LogP contribution >= 0.6 is 0 Å². The van der Waals surface area contributed by atoms with Crippen molar-refractivity contribution in [3.63, 3.8) is 0 Å². The summed E-state index contributed by atoms with van der Waals surface area (Å²) < 4.78 is 31.9. The number of pyridine rings is 1. The van der Waals surface area contributed by atoms with Crippen molar-refractivity contribution in [2.24, 2.45) is 0 Å². The normalized spacial score (nSPS) is 11.2. The molecule has 0 aliphatic carbocycles. The van der Waals surface area contributed by atoms with Gasteiger partial charge >= 0.3 is 0 Å². The Kier molecular flexibility index (Phi) is 5.35. The number of methoxy groups -OCH3 is 1. The van der Waals surface area contributed by atoms with Gasteiger partial charge in [-0.15, -0.1) is 0 Å². The lowest BCUT2D eigenvalue weighted by molar-refractivity contribution is 0.210. The molecule has 0 aliphatic heterocycles. The van der Waals surface area contributed by atoms with Gasteiger partial charge < -0.3 is 10.1 Å². The number of ether oxygens (including phenoxy) is 1. The van der Waals surface area contributed by atoms with Crippen LogP contribution in [0.4, 0.5) is 11.5 Å². The molecule has 1 aromatic carbocycles. The van der Waals surface area contributed by atoms with E-state index >= 15 is 0 Å². The van der Waals surface area contributed by atoms with Crippen molar-refractivity contribution < 1.29 is 13.2 Å². The van der Waals surface area contributed by atoms with Crippen molar-refractivity contribution in [2.45, 2.75) is 11.8 Å². The summed E-state index contributed by atoms with van der Waals surface area (Å²) in [5.41, 5.74) is 1.42. The summed E-state index contributed by atoms with van der Waals surface area (Å²) in [5.74, 6) is 0.662. The van der Waals surface area contributed by atoms with Gasteiger partial charge in [-0.05, 0) is 31.2 Å². The smallest absolute Gasteiger partial charge is 0.261 e. The Morgan fingerprint density at radius 1 is 1.14 bits per heavy atom. The van der Waals surface area contributed by atoms with E-state index in [4.69, 9.17) is 4.74 Å². The summed E-state index contributed by atoms with van der Waals surface area (Å²) in [6, 6.07) is 10.0. The first-order valence-corrected chi connectivity index (χ1v) is 8.28. The minimum Gasteiger partial charge on any atom is -0.383 e. The van der Waals surface area contributed by atoms with E-state index < -0.39 is 10.0 Å². The zero-order valence-corrected chi connectivity index (χ0v) is 13.4. The molecular weight excluding hydrogens is 302 g/mol. The lowest BCUT2D eigenvalue weighted by Crippen LogP contribution is -2.13. The molecule has 0 spiro atoms. The first-order valence-electron chi connectivity index (χ1n) is 6.79. The number of hydrogen-bond acceptors (Lipinski definition) is 5. The maximum Gasteiger partial charge on any atom is 0.261 e. The summed E-state index contributed by atoms with van der Waals surface area (Å²) in [7, 11) is -1.97. The highest BCUT2D eigenvalue weighted by Crippen LogP contribution is 2.17. The molecule has 1 heterocycles. The Morgan fingerprint density at radius 3 is 2.45 bits per heavy atom. The Balaban J connectivity index is 2.05. The lowest BCUT2D eigenvalue weighted by atomic mass is 10.2. The lowest BCUT2D eigenvalue weighted by Gasteiger charge is -2.09. The van der Waals surface area contributed by atoms with Crippen molar-refractivity contribution in [1.29, 1.82) is 0 Å². The molecule has 0 bridgehead atoms. The molecule has 0 saturated carbocycles. The van der Waals surface area contributed by atoms with Crippen LogP contribution in [-0.4, -0.2) is 33.7 Å². The van der Waals surface area contributed by atoms with Gasteiger partial charge in [0, 0.05) is 13.7 Å². The topological polar surface area (TPSA) is 80.3 Å². The molecular formula is C15H19N3O3S. The van der Waals surface area contributed by atoms with Crippen molar-refractivity contribution in [2.75, 3.05) is 30.3 Å². The number of sulfonamides is 1. The number of anilines is 2. The van der Waals surface area contributed by atoms with E-state index in [9.17, 15) is 8.42 Å². The molecule has 0 fully saturated rings. The van der Waals surface area contributed by atoms with Crippen LogP contribution in [0, 0.1) is 6.92 Å². The van der Waals surface area contributed by atoms with Gasteiger partial charge in [0.15, 0.2) is 0 Å². The van der Waals surface area contributed by atoms with Crippen molar-refractivity contribution in [1.82, 2.24) is 4.98 Å². The molecule has 2 rings (SSSR count). The van der Waals surface area contributed by atoms with Crippen LogP contribution in [0.25, 0.3) is 0 Å². The SMILES string of the molecule is COCCNc1ccc(NS(=O)(=O)c2ccc(C)cc2)cn1. The number of rotatable bonds is 7. The highest BCUT2D eigenvalue weighted by Gasteiger charge is 2.13. The van der Waals surface area contributed by atoms with Crippen molar-refractivity contribution in [3.8, 4) is 0 Å². The number of nitrogens with zero attached hydrogens (tertiary/aromatic N) is 1. The first-order chi connectivity index (χ1) is 10.5. The van der Waals surface area contributed by atoms with Crippen LogP contribution in [0.2, 0.25) is 0 Å². The third-order valence-corrected chi connectivity index (χ3v) is 4.36. The van der Waals surface area contributed by atoms with Gasteiger partial charge in [0.05, 0.1) is 23.4 Å². The molecule has 0 unspecified atom stereocenters. The van der Waals surface area contributed by atoms with Crippen LogP contribution in [0.1, 0.15) is 5.56 Å². The fourth-order valence-corrected chi connectivity index (χ4v) is 2.81. The summed E-state index contributed by atoms with van der Waals surface area (Å²) in [5, 5.41) is 3.06. The summed E-state index contributed by atoms with van der Waals surface area (Å²) in [6.07, 6.45) is 1.47. The summed E-state index contributed by atoms with van der Waals surface area (Å²) >= 11 is 0. The molecule has 1 aromatic heterocycles. The molecule has 0 amide bonds. The molecule has 6 nitrogen and oxygen atoms in total. The van der Waals surface area contributed by atoms with Gasteiger partial charge in [-0.2, -0.15) is 0 Å². The van der Waals surface area contributed by atoms with Crippen LogP contribution in [-0.2, 0) is 14.8 Å². The number of nitrogens with one attached hydrogen (secondary N) is 2. The fraction of sp³-hybridized carbons (Fsp3) is 0.267. The van der Waals surface area contributed by atoms with E-state index in [0.717, 1.165) is 5.56 Å². The maximum absolute atomic E-state index is 12.2. The van der Waals surface area contributed by atoms with Gasteiger partial charge in [-0.3, -0.25) is 4.72 Å². The zero-order chi connectivity index (χ0) is 16.0. The van der Waals surface area contributed by atoms with Crippen molar-refractivity contribution >= 4 is 21.5 Å². The van der Waals surface area contributed by atoms with Crippen LogP contribution in [0.15, 0.2) is 47.5 Å². The predicted molar refractivity (Wildman–Crippen MR) is 86.6 cm³/mol. The van der Waals surface area contributed by atoms with Crippen LogP contribution < -0.4 is 10.0 Å². The van der Waals surface area contributed by atoms with E-state index in [0.29, 0.717) is 24.7 Å². The molecule has 2 aromatic rings. The van der Waals surface area contributed by atoms with Gasteiger partial charge in [0.2, 0.25) is 0 Å². The zero-order valence-electron chi connectivity index (χ0n) is 12.5. The largest absolute Gasteiger partial charge is 0.383 e. The van der Waals surface area contributed by atoms with Gasteiger partial charge in [-0.25, -0.2) is 13.4 Å². The average Bonchev–Trinajstić information content (AvgIpc) is 2.49. The second-order valence-electron chi connectivity index (χ2n) is 4.77. The van der Waals surface area contributed by atoms with E-state index in [2.05, 4.69) is 15.0 Å². The quantitative estimate of drug-likeness (QED) is 0.765. The second-order valence-corrected chi connectivity index (χ2v) is 6.45. The molecule has 22 heavy (non-hydrogen) atoms. The molecule has 0 atom stereocenters. The standard InChI is InChI=1S/C15H19N3O3S/c1-12-3-6-14(7-4-12)22(19,20)18-13-5-8-15(17-11-13)16-9-10-21-2/h3-8,11,18H,9-10H2,1-2H3,(H,16,17). The van der Waals surface area contributed by atoms with Crippen LogP contribution in [0.5, 0.6) is 0 Å². The summed E-state index contributed by atoms with van der Waals surface area (Å²) in [6.45, 7) is 3.12. The number of benzene rings is 1. The summed E-state index contributed by atoms with van der Waals surface area (Å²) in [4.78, 5) is 4.37. The van der Waals surface area contributed by atoms with E-state index in [1.807, 2.05) is 6.92 Å². The van der Waals surface area contributed by atoms with Crippen molar-refractivity contribution in [3.05, 3.63) is 48.2 Å². The predicted octanol–water partition coefficient (Wildman–Crippen LogP) is 2.25. The fourth-order valence-electron chi connectivity index (χ4n) is 1.77. The van der Waals surface area contributed by atoms with E-state index in [-0.39, 0.29) is 4.90 Å². The highest BCUT2D eigenvalue weighted by molar-refractivity contribution is 7.92. The minimum absolute atomic E-state index is 0.223. The van der Waals surface area contributed by atoms with Gasteiger partial charge in [-0.1, -0.05) is 17.7 Å². The maximum atomic E-state index is 12.2. The Labute approximate surface area is 130 Å². The first kappa shape index (κ1) is 16.3. The highest BCUT2D eigenvalue weighted by atomic mass is 32.2. The van der Waals surface area contributed by atoms with Crippen LogP contribution in [0.3, 0.4) is 0 Å². The minimum atomic E-state index is -3.59. The Morgan fingerprint density at radius 2 is 1.86 bits per heavy atom. The molecule has 0 radical (unpaired) electrons. The molecule has 0 aliphatic rings. The number of hydrogen-bond donors (Lipinski definition) is 2. The third kappa shape index (κ3) is 4.44. The molecule has 7 heteroatoms. The van der Waals surface area contributed by atoms with Gasteiger partial charge in [0.25, 0.3) is 10.0 Å². The Hall–Kier alpha value is -2.12. The average molecular weight is 321 g/mol. The molecule has 118 valence electrons. The second kappa shape index (κ2) is 7.24. The van der Waals surface area contributed by atoms with Gasteiger partial charge in [0.1, 0.15) is 5.82 Å². The molecule has 0 saturated heterocycles. The number of aromatic nitrogens is 1. The third-order valence-electron chi connectivity index (χ3n) is 2.96.